The standard InChI is InChI=1S/C24H38N4O3/c1-2-25-24(28-11-8-22(9-12-28)31-21-6-4-3-5-7-21)26-18-23(20-10-15-30-19-20)27-13-16-29-17-14-27/h3-7,20,22-23H,2,8-19H2,1H3,(H,25,26). The Morgan fingerprint density at radius 1 is 1.06 bits per heavy atom. The molecule has 3 aliphatic rings. The maximum Gasteiger partial charge on any atom is 0.193 e. The van der Waals surface area contributed by atoms with Gasteiger partial charge in [0.05, 0.1) is 26.4 Å². The molecule has 0 amide bonds. The number of guanidine groups is 1. The zero-order chi connectivity index (χ0) is 21.3. The number of ether oxygens (including phenoxy) is 3. The molecule has 172 valence electrons. The van der Waals surface area contributed by atoms with Crippen LogP contribution in [0.5, 0.6) is 5.75 Å². The second kappa shape index (κ2) is 11.7. The van der Waals surface area contributed by atoms with E-state index in [1.807, 2.05) is 30.3 Å². The van der Waals surface area contributed by atoms with Gasteiger partial charge in [0.1, 0.15) is 11.9 Å². The van der Waals surface area contributed by atoms with E-state index < -0.39 is 0 Å². The number of hydrogen-bond acceptors (Lipinski definition) is 5. The van der Waals surface area contributed by atoms with E-state index in [-0.39, 0.29) is 6.10 Å². The van der Waals surface area contributed by atoms with Crippen molar-refractivity contribution in [2.45, 2.75) is 38.3 Å². The zero-order valence-electron chi connectivity index (χ0n) is 18.9. The molecule has 3 aliphatic heterocycles. The maximum atomic E-state index is 6.17. The molecule has 7 nitrogen and oxygen atoms in total. The topological polar surface area (TPSA) is 58.6 Å². The van der Waals surface area contributed by atoms with E-state index >= 15 is 0 Å². The lowest BCUT2D eigenvalue weighted by molar-refractivity contribution is 0.00361. The summed E-state index contributed by atoms with van der Waals surface area (Å²) in [5.74, 6) is 2.57. The number of nitrogens with zero attached hydrogens (tertiary/aromatic N) is 3. The van der Waals surface area contributed by atoms with Crippen molar-refractivity contribution in [3.63, 3.8) is 0 Å². The summed E-state index contributed by atoms with van der Waals surface area (Å²) in [7, 11) is 0. The van der Waals surface area contributed by atoms with Crippen molar-refractivity contribution in [3.8, 4) is 5.75 Å². The summed E-state index contributed by atoms with van der Waals surface area (Å²) in [6, 6.07) is 10.6. The van der Waals surface area contributed by atoms with Gasteiger partial charge < -0.3 is 24.4 Å². The minimum atomic E-state index is 0.276. The molecule has 0 spiro atoms. The maximum absolute atomic E-state index is 6.17. The van der Waals surface area contributed by atoms with Crippen LogP contribution >= 0.6 is 0 Å². The number of morpholine rings is 1. The van der Waals surface area contributed by atoms with E-state index in [4.69, 9.17) is 19.2 Å². The van der Waals surface area contributed by atoms with Gasteiger partial charge in [-0.25, -0.2) is 0 Å². The zero-order valence-corrected chi connectivity index (χ0v) is 18.9. The molecule has 3 fully saturated rings. The average Bonchev–Trinajstić information content (AvgIpc) is 3.35. The van der Waals surface area contributed by atoms with Crippen molar-refractivity contribution in [3.05, 3.63) is 30.3 Å². The molecular weight excluding hydrogens is 392 g/mol. The van der Waals surface area contributed by atoms with E-state index in [1.54, 1.807) is 0 Å². The molecular formula is C24H38N4O3. The Labute approximate surface area is 186 Å². The molecule has 2 atom stereocenters. The second-order valence-electron chi connectivity index (χ2n) is 8.65. The predicted molar refractivity (Wildman–Crippen MR) is 123 cm³/mol. The number of para-hydroxylation sites is 1. The number of piperidine rings is 1. The lowest BCUT2D eigenvalue weighted by atomic mass is 9.97. The number of aliphatic imine (C=N–C) groups is 1. The molecule has 1 aromatic carbocycles. The van der Waals surface area contributed by atoms with Crippen LogP contribution in [-0.2, 0) is 9.47 Å². The summed E-state index contributed by atoms with van der Waals surface area (Å²) < 4.78 is 17.5. The molecule has 1 N–H and O–H groups in total. The van der Waals surface area contributed by atoms with Crippen LogP contribution in [0, 0.1) is 5.92 Å². The first-order chi connectivity index (χ1) is 15.3. The summed E-state index contributed by atoms with van der Waals surface area (Å²) in [6.45, 7) is 11.2. The smallest absolute Gasteiger partial charge is 0.193 e. The molecule has 0 aliphatic carbocycles. The quantitative estimate of drug-likeness (QED) is 0.529. The van der Waals surface area contributed by atoms with Crippen LogP contribution in [0.15, 0.2) is 35.3 Å². The van der Waals surface area contributed by atoms with Crippen molar-refractivity contribution in [1.29, 1.82) is 0 Å². The third kappa shape index (κ3) is 6.34. The Bertz CT molecular complexity index is 667. The number of benzene rings is 1. The van der Waals surface area contributed by atoms with E-state index in [0.29, 0.717) is 12.0 Å². The van der Waals surface area contributed by atoms with Gasteiger partial charge in [0.25, 0.3) is 0 Å². The molecule has 0 saturated carbocycles. The first-order valence-electron chi connectivity index (χ1n) is 12.0. The molecule has 3 heterocycles. The third-order valence-corrected chi connectivity index (χ3v) is 6.57. The number of hydrogen-bond donors (Lipinski definition) is 1. The van der Waals surface area contributed by atoms with Crippen LogP contribution in [0.3, 0.4) is 0 Å². The highest BCUT2D eigenvalue weighted by Gasteiger charge is 2.32. The van der Waals surface area contributed by atoms with Gasteiger partial charge in [-0.2, -0.15) is 0 Å². The molecule has 0 radical (unpaired) electrons. The van der Waals surface area contributed by atoms with Crippen molar-refractivity contribution in [2.24, 2.45) is 10.9 Å². The average molecular weight is 431 g/mol. The Morgan fingerprint density at radius 3 is 2.52 bits per heavy atom. The highest BCUT2D eigenvalue weighted by molar-refractivity contribution is 5.80. The fourth-order valence-electron chi connectivity index (χ4n) is 4.81. The number of rotatable bonds is 7. The second-order valence-corrected chi connectivity index (χ2v) is 8.65. The van der Waals surface area contributed by atoms with Crippen LogP contribution in [0.25, 0.3) is 0 Å². The van der Waals surface area contributed by atoms with Crippen LogP contribution in [-0.4, -0.2) is 93.6 Å². The van der Waals surface area contributed by atoms with Crippen molar-refractivity contribution in [1.82, 2.24) is 15.1 Å². The lowest BCUT2D eigenvalue weighted by Crippen LogP contribution is -2.50. The van der Waals surface area contributed by atoms with Gasteiger partial charge in [-0.3, -0.25) is 9.89 Å². The highest BCUT2D eigenvalue weighted by Crippen LogP contribution is 2.23. The summed E-state index contributed by atoms with van der Waals surface area (Å²) in [5, 5.41) is 3.53. The van der Waals surface area contributed by atoms with Crippen molar-refractivity contribution in [2.75, 3.05) is 65.7 Å². The number of likely N-dealkylation sites (tertiary alicyclic amines) is 1. The van der Waals surface area contributed by atoms with Crippen LogP contribution in [0.2, 0.25) is 0 Å². The largest absolute Gasteiger partial charge is 0.490 e. The molecule has 1 aromatic rings. The van der Waals surface area contributed by atoms with Crippen LogP contribution < -0.4 is 10.1 Å². The molecule has 0 bridgehead atoms. The summed E-state index contributed by atoms with van der Waals surface area (Å²) in [6.07, 6.45) is 3.44. The highest BCUT2D eigenvalue weighted by atomic mass is 16.5. The molecule has 3 saturated heterocycles. The fraction of sp³-hybridized carbons (Fsp3) is 0.708. The Hall–Kier alpha value is -1.83. The van der Waals surface area contributed by atoms with E-state index in [9.17, 15) is 0 Å². The predicted octanol–water partition coefficient (Wildman–Crippen LogP) is 2.23. The monoisotopic (exact) mass is 430 g/mol. The summed E-state index contributed by atoms with van der Waals surface area (Å²) in [4.78, 5) is 10.1. The SMILES string of the molecule is CCNC(=NCC(C1CCOC1)N1CCOCC1)N1CCC(Oc2ccccc2)CC1. The first-order valence-corrected chi connectivity index (χ1v) is 12.0. The van der Waals surface area contributed by atoms with Gasteiger partial charge in [-0.15, -0.1) is 0 Å². The summed E-state index contributed by atoms with van der Waals surface area (Å²) in [5.41, 5.74) is 0. The lowest BCUT2D eigenvalue weighted by Gasteiger charge is -2.37. The van der Waals surface area contributed by atoms with Gasteiger partial charge in [0, 0.05) is 64.1 Å². The van der Waals surface area contributed by atoms with Crippen molar-refractivity contribution >= 4 is 5.96 Å². The third-order valence-electron chi connectivity index (χ3n) is 6.57. The Kier molecular flexibility index (Phi) is 8.44. The van der Waals surface area contributed by atoms with Crippen LogP contribution in [0.1, 0.15) is 26.2 Å². The van der Waals surface area contributed by atoms with E-state index in [2.05, 4.69) is 22.0 Å². The molecule has 31 heavy (non-hydrogen) atoms. The number of nitrogens with one attached hydrogen (secondary N) is 1. The Balaban J connectivity index is 1.35. The summed E-state index contributed by atoms with van der Waals surface area (Å²) >= 11 is 0. The fourth-order valence-corrected chi connectivity index (χ4v) is 4.81. The van der Waals surface area contributed by atoms with E-state index in [1.165, 1.54) is 0 Å². The van der Waals surface area contributed by atoms with E-state index in [0.717, 1.165) is 96.7 Å². The molecule has 7 heteroatoms. The van der Waals surface area contributed by atoms with Gasteiger partial charge >= 0.3 is 0 Å². The minimum Gasteiger partial charge on any atom is -0.490 e. The normalized spacial score (nSPS) is 24.9. The Morgan fingerprint density at radius 2 is 1.84 bits per heavy atom. The molecule has 0 aromatic heterocycles. The van der Waals surface area contributed by atoms with Crippen LogP contribution in [0.4, 0.5) is 0 Å². The molecule has 4 rings (SSSR count). The van der Waals surface area contributed by atoms with Gasteiger partial charge in [0.15, 0.2) is 5.96 Å². The van der Waals surface area contributed by atoms with Gasteiger partial charge in [-0.1, -0.05) is 18.2 Å². The first kappa shape index (κ1) is 22.4. The van der Waals surface area contributed by atoms with Gasteiger partial charge in [-0.05, 0) is 25.5 Å². The van der Waals surface area contributed by atoms with Gasteiger partial charge in [0.2, 0.25) is 0 Å². The molecule has 2 unspecified atom stereocenters. The van der Waals surface area contributed by atoms with Crippen molar-refractivity contribution < 1.29 is 14.2 Å². The minimum absolute atomic E-state index is 0.276.